The van der Waals surface area contributed by atoms with Gasteiger partial charge in [0.25, 0.3) is 0 Å². The van der Waals surface area contributed by atoms with E-state index < -0.39 is 0 Å². The van der Waals surface area contributed by atoms with Gasteiger partial charge in [0.05, 0.1) is 25.0 Å². The molecule has 3 aliphatic heterocycles. The highest BCUT2D eigenvalue weighted by Crippen LogP contribution is 2.42. The molecule has 2 saturated carbocycles. The summed E-state index contributed by atoms with van der Waals surface area (Å²) in [6.45, 7) is 6.48. The van der Waals surface area contributed by atoms with E-state index in [2.05, 4.69) is 10.6 Å². The Morgan fingerprint density at radius 2 is 1.79 bits per heavy atom. The van der Waals surface area contributed by atoms with E-state index >= 15 is 0 Å². The van der Waals surface area contributed by atoms with Crippen molar-refractivity contribution in [1.82, 2.24) is 10.6 Å². The Kier molecular flexibility index (Phi) is 4.07. The fourth-order valence-corrected chi connectivity index (χ4v) is 4.65. The van der Waals surface area contributed by atoms with Gasteiger partial charge in [-0.2, -0.15) is 0 Å². The van der Waals surface area contributed by atoms with E-state index in [1.807, 2.05) is 13.8 Å². The van der Waals surface area contributed by atoms with Gasteiger partial charge in [-0.1, -0.05) is 13.8 Å². The van der Waals surface area contributed by atoms with Crippen LogP contribution in [-0.4, -0.2) is 50.3 Å². The van der Waals surface area contributed by atoms with Crippen LogP contribution in [0.2, 0.25) is 0 Å². The van der Waals surface area contributed by atoms with Crippen LogP contribution in [0.4, 0.5) is 0 Å². The van der Waals surface area contributed by atoms with Gasteiger partial charge in [-0.05, 0) is 44.2 Å². The molecule has 0 radical (unpaired) electrons. The van der Waals surface area contributed by atoms with Crippen LogP contribution in [0.3, 0.4) is 0 Å². The van der Waals surface area contributed by atoms with Gasteiger partial charge in [-0.15, -0.1) is 0 Å². The molecular weight excluding hydrogens is 308 g/mol. The van der Waals surface area contributed by atoms with Crippen molar-refractivity contribution in [3.05, 3.63) is 0 Å². The highest BCUT2D eigenvalue weighted by molar-refractivity contribution is 5.76. The normalized spacial score (nSPS) is 39.6. The zero-order chi connectivity index (χ0) is 16.9. The fourth-order valence-electron chi connectivity index (χ4n) is 4.65. The van der Waals surface area contributed by atoms with E-state index in [1.54, 1.807) is 0 Å². The predicted molar refractivity (Wildman–Crippen MR) is 87.1 cm³/mol. The number of fused-ring (bicyclic) bond motifs is 2. The molecule has 5 aliphatic rings. The van der Waals surface area contributed by atoms with Gasteiger partial charge in [0, 0.05) is 17.5 Å². The third-order valence-corrected chi connectivity index (χ3v) is 6.32. The van der Waals surface area contributed by atoms with Crippen LogP contribution in [0.15, 0.2) is 0 Å². The Morgan fingerprint density at radius 1 is 1.04 bits per heavy atom. The maximum absolute atomic E-state index is 12.2. The van der Waals surface area contributed by atoms with Crippen molar-refractivity contribution < 1.29 is 19.1 Å². The monoisotopic (exact) mass is 336 g/mol. The summed E-state index contributed by atoms with van der Waals surface area (Å²) in [6.07, 6.45) is 3.22. The number of hydrogen-bond donors (Lipinski definition) is 2. The van der Waals surface area contributed by atoms with Crippen molar-refractivity contribution in [2.45, 2.75) is 45.2 Å². The zero-order valence-corrected chi connectivity index (χ0v) is 14.5. The predicted octanol–water partition coefficient (Wildman–Crippen LogP) is 0.705. The van der Waals surface area contributed by atoms with Crippen LogP contribution < -0.4 is 10.6 Å². The van der Waals surface area contributed by atoms with Crippen molar-refractivity contribution in [1.29, 1.82) is 0 Å². The standard InChI is InChI=1S/C18H28N2O4/c1-18(2,9-24-17(22)14-11-6-13(14)20-7-11)8-23-16(21)12-5-10-3-4-19-15(10)12/h10-15,19-20H,3-9H2,1-2H3. The smallest absolute Gasteiger partial charge is 0.310 e. The third kappa shape index (κ3) is 2.84. The molecule has 0 spiro atoms. The first kappa shape index (κ1) is 16.3. The molecule has 0 aromatic heterocycles. The number of rotatable bonds is 6. The topological polar surface area (TPSA) is 76.7 Å². The molecule has 0 aromatic rings. The molecule has 6 nitrogen and oxygen atoms in total. The first-order chi connectivity index (χ1) is 11.4. The maximum atomic E-state index is 12.2. The molecule has 24 heavy (non-hydrogen) atoms. The molecule has 0 aromatic carbocycles. The van der Waals surface area contributed by atoms with E-state index in [4.69, 9.17) is 9.47 Å². The molecule has 3 saturated heterocycles. The van der Waals surface area contributed by atoms with Crippen LogP contribution in [-0.2, 0) is 19.1 Å². The second-order valence-electron chi connectivity index (χ2n) is 8.79. The van der Waals surface area contributed by atoms with E-state index in [0.29, 0.717) is 37.1 Å². The molecular formula is C18H28N2O4. The van der Waals surface area contributed by atoms with Gasteiger partial charge in [-0.3, -0.25) is 9.59 Å². The van der Waals surface area contributed by atoms with Gasteiger partial charge in [0.2, 0.25) is 0 Å². The van der Waals surface area contributed by atoms with E-state index in [0.717, 1.165) is 25.9 Å². The summed E-state index contributed by atoms with van der Waals surface area (Å²) in [4.78, 5) is 24.4. The van der Waals surface area contributed by atoms with Gasteiger partial charge in [-0.25, -0.2) is 0 Å². The summed E-state index contributed by atoms with van der Waals surface area (Å²) >= 11 is 0. The Labute approximate surface area is 143 Å². The molecule has 134 valence electrons. The summed E-state index contributed by atoms with van der Waals surface area (Å²) in [5, 5.41) is 6.72. The molecule has 0 amide bonds. The zero-order valence-electron chi connectivity index (χ0n) is 14.5. The molecule has 6 atom stereocenters. The van der Waals surface area contributed by atoms with Crippen molar-refractivity contribution in [3.8, 4) is 0 Å². The quantitative estimate of drug-likeness (QED) is 0.696. The first-order valence-electron chi connectivity index (χ1n) is 9.25. The molecule has 2 aliphatic carbocycles. The lowest BCUT2D eigenvalue weighted by Gasteiger charge is -2.38. The highest BCUT2D eigenvalue weighted by atomic mass is 16.5. The average Bonchev–Trinajstić information content (AvgIpc) is 3.20. The minimum Gasteiger partial charge on any atom is -0.465 e. The summed E-state index contributed by atoms with van der Waals surface area (Å²) in [5.74, 6) is 0.942. The number of carbonyl (C=O) groups is 2. The fraction of sp³-hybridized carbons (Fsp3) is 0.889. The molecule has 2 bridgehead atoms. The lowest BCUT2D eigenvalue weighted by atomic mass is 9.71. The summed E-state index contributed by atoms with van der Waals surface area (Å²) in [6, 6.07) is 0.633. The molecule has 6 heteroatoms. The van der Waals surface area contributed by atoms with E-state index in [-0.39, 0.29) is 29.2 Å². The lowest BCUT2D eigenvalue weighted by Crippen LogP contribution is -2.50. The average molecular weight is 336 g/mol. The Bertz CT molecular complexity index is 521. The van der Waals surface area contributed by atoms with Crippen molar-refractivity contribution in [2.75, 3.05) is 26.3 Å². The largest absolute Gasteiger partial charge is 0.465 e. The first-order valence-corrected chi connectivity index (χ1v) is 9.25. The number of esters is 2. The number of hydrogen-bond acceptors (Lipinski definition) is 6. The molecule has 6 unspecified atom stereocenters. The van der Waals surface area contributed by atoms with E-state index in [9.17, 15) is 9.59 Å². The molecule has 3 heterocycles. The summed E-state index contributed by atoms with van der Waals surface area (Å²) in [7, 11) is 0. The van der Waals surface area contributed by atoms with Gasteiger partial charge >= 0.3 is 11.9 Å². The van der Waals surface area contributed by atoms with E-state index in [1.165, 1.54) is 6.42 Å². The van der Waals surface area contributed by atoms with Crippen molar-refractivity contribution >= 4 is 11.9 Å². The van der Waals surface area contributed by atoms with Gasteiger partial charge in [0.1, 0.15) is 0 Å². The number of nitrogens with one attached hydrogen (secondary N) is 2. The maximum Gasteiger partial charge on any atom is 0.310 e. The number of carbonyl (C=O) groups excluding carboxylic acids is 2. The van der Waals surface area contributed by atoms with Crippen molar-refractivity contribution in [3.63, 3.8) is 0 Å². The van der Waals surface area contributed by atoms with Crippen LogP contribution >= 0.6 is 0 Å². The third-order valence-electron chi connectivity index (χ3n) is 6.32. The van der Waals surface area contributed by atoms with Gasteiger partial charge in [0.15, 0.2) is 0 Å². The van der Waals surface area contributed by atoms with Crippen molar-refractivity contribution in [2.24, 2.45) is 29.1 Å². The Morgan fingerprint density at radius 3 is 2.42 bits per heavy atom. The van der Waals surface area contributed by atoms with Crippen LogP contribution in [0.5, 0.6) is 0 Å². The summed E-state index contributed by atoms with van der Waals surface area (Å²) in [5.41, 5.74) is -0.353. The van der Waals surface area contributed by atoms with Crippen LogP contribution in [0.25, 0.3) is 0 Å². The second-order valence-corrected chi connectivity index (χ2v) is 8.79. The Hall–Kier alpha value is -1.14. The Balaban J connectivity index is 1.19. The summed E-state index contributed by atoms with van der Waals surface area (Å²) < 4.78 is 11.0. The second kappa shape index (κ2) is 5.99. The van der Waals surface area contributed by atoms with Crippen LogP contribution in [0.1, 0.15) is 33.1 Å². The highest BCUT2D eigenvalue weighted by Gasteiger charge is 2.52. The molecule has 5 rings (SSSR count). The van der Waals surface area contributed by atoms with Gasteiger partial charge < -0.3 is 20.1 Å². The molecule has 5 fully saturated rings. The number of ether oxygens (including phenoxy) is 2. The van der Waals surface area contributed by atoms with Crippen LogP contribution in [0, 0.1) is 29.1 Å². The molecule has 2 N–H and O–H groups in total. The minimum atomic E-state index is -0.353. The SMILES string of the molecule is CC(C)(COC(=O)C1CC2CCNC21)COC(=O)C1C2CNC1C2. The minimum absolute atomic E-state index is 0.00697. The lowest BCUT2D eigenvalue weighted by molar-refractivity contribution is -0.163.